The molecule has 4 rings (SSSR count). The average molecular weight is 508 g/mol. The average Bonchev–Trinajstić information content (AvgIpc) is 2.97. The molecule has 38 heavy (non-hydrogen) atoms. The maximum Gasteiger partial charge on any atom is 0.245 e. The molecule has 0 spiro atoms. The zero-order chi connectivity index (χ0) is 26.9. The highest BCUT2D eigenvalue weighted by molar-refractivity contribution is 5.86. The van der Waals surface area contributed by atoms with Crippen LogP contribution in [0.2, 0.25) is 0 Å². The number of likely N-dealkylation sites (N-methyl/N-ethyl adjacent to an activating group) is 1. The number of nitrogens with zero attached hydrogens (tertiary/aromatic N) is 1. The Morgan fingerprint density at radius 2 is 1.53 bits per heavy atom. The van der Waals surface area contributed by atoms with Gasteiger partial charge in [-0.2, -0.15) is 0 Å². The van der Waals surface area contributed by atoms with Gasteiger partial charge in [-0.25, -0.2) is 0 Å². The van der Waals surface area contributed by atoms with Crippen LogP contribution < -0.4 is 0 Å². The standard InChI is InChI=1S/C36H45NO/c1-5-8-9-10-27-11-15-30(16-12-27)31-19-21-33(22-20-31)35-24-23-34(25-29(35)6-2)32-17-13-28(14-18-32)26-37(4)36(38)7-3/h7,13-14,17-25,27,30H,3,5-6,8-12,15-16,26H2,1-2,4H3. The monoisotopic (exact) mass is 507 g/mol. The number of hydrogen-bond acceptors (Lipinski definition) is 1. The van der Waals surface area contributed by atoms with Gasteiger partial charge in [-0.3, -0.25) is 4.79 Å². The van der Waals surface area contributed by atoms with Gasteiger partial charge in [0.1, 0.15) is 0 Å². The first-order valence-corrected chi connectivity index (χ1v) is 14.7. The highest BCUT2D eigenvalue weighted by Crippen LogP contribution is 2.38. The van der Waals surface area contributed by atoms with E-state index in [1.807, 2.05) is 0 Å². The minimum atomic E-state index is -0.0597. The zero-order valence-corrected chi connectivity index (χ0v) is 23.7. The van der Waals surface area contributed by atoms with Crippen molar-refractivity contribution in [1.29, 1.82) is 0 Å². The van der Waals surface area contributed by atoms with Crippen molar-refractivity contribution in [3.63, 3.8) is 0 Å². The predicted molar refractivity (Wildman–Crippen MR) is 162 cm³/mol. The number of hydrogen-bond donors (Lipinski definition) is 0. The van der Waals surface area contributed by atoms with Gasteiger partial charge in [0, 0.05) is 13.6 Å². The van der Waals surface area contributed by atoms with Crippen molar-refractivity contribution in [2.75, 3.05) is 7.05 Å². The molecule has 1 saturated carbocycles. The van der Waals surface area contributed by atoms with Gasteiger partial charge < -0.3 is 4.90 Å². The maximum atomic E-state index is 11.8. The molecule has 0 atom stereocenters. The Bertz CT molecular complexity index is 1180. The van der Waals surface area contributed by atoms with E-state index in [1.54, 1.807) is 11.9 Å². The quantitative estimate of drug-likeness (QED) is 0.187. The minimum Gasteiger partial charge on any atom is -0.338 e. The Hall–Kier alpha value is -3.13. The molecule has 1 aliphatic rings. The highest BCUT2D eigenvalue weighted by atomic mass is 16.2. The lowest BCUT2D eigenvalue weighted by Gasteiger charge is -2.29. The first-order valence-electron chi connectivity index (χ1n) is 14.7. The van der Waals surface area contributed by atoms with Crippen molar-refractivity contribution in [2.45, 2.75) is 84.1 Å². The molecule has 3 aromatic carbocycles. The van der Waals surface area contributed by atoms with Crippen LogP contribution >= 0.6 is 0 Å². The molecule has 0 aliphatic heterocycles. The smallest absolute Gasteiger partial charge is 0.245 e. The van der Waals surface area contributed by atoms with Gasteiger partial charge in [0.2, 0.25) is 5.91 Å². The molecular formula is C36H45NO. The molecular weight excluding hydrogens is 462 g/mol. The zero-order valence-electron chi connectivity index (χ0n) is 23.7. The molecule has 0 aromatic heterocycles. The molecule has 2 heteroatoms. The molecule has 1 fully saturated rings. The lowest BCUT2D eigenvalue weighted by atomic mass is 9.77. The summed E-state index contributed by atoms with van der Waals surface area (Å²) in [6, 6.07) is 24.9. The van der Waals surface area contributed by atoms with Crippen LogP contribution in [0, 0.1) is 5.92 Å². The fourth-order valence-electron chi connectivity index (χ4n) is 6.06. The number of carbonyl (C=O) groups is 1. The Balaban J connectivity index is 1.41. The summed E-state index contributed by atoms with van der Waals surface area (Å²) in [4.78, 5) is 13.5. The van der Waals surface area contributed by atoms with E-state index in [1.165, 1.54) is 90.8 Å². The maximum absolute atomic E-state index is 11.8. The topological polar surface area (TPSA) is 20.3 Å². The second-order valence-electron chi connectivity index (χ2n) is 11.2. The number of unbranched alkanes of at least 4 members (excludes halogenated alkanes) is 2. The summed E-state index contributed by atoms with van der Waals surface area (Å²) in [6.07, 6.45) is 13.4. The third kappa shape index (κ3) is 7.04. The molecule has 3 aromatic rings. The van der Waals surface area contributed by atoms with Gasteiger partial charge in [0.05, 0.1) is 0 Å². The Morgan fingerprint density at radius 3 is 2.16 bits per heavy atom. The van der Waals surface area contributed by atoms with E-state index >= 15 is 0 Å². The van der Waals surface area contributed by atoms with Gasteiger partial charge in [-0.15, -0.1) is 0 Å². The van der Waals surface area contributed by atoms with Crippen LogP contribution in [0.1, 0.15) is 87.8 Å². The van der Waals surface area contributed by atoms with E-state index in [2.05, 4.69) is 87.2 Å². The number of rotatable bonds is 11. The van der Waals surface area contributed by atoms with E-state index in [0.717, 1.165) is 23.8 Å². The van der Waals surface area contributed by atoms with Crippen LogP contribution in [-0.2, 0) is 17.8 Å². The second kappa shape index (κ2) is 13.6. The largest absolute Gasteiger partial charge is 0.338 e. The Labute approximate surface area is 230 Å². The molecule has 0 saturated heterocycles. The van der Waals surface area contributed by atoms with Crippen LogP contribution in [0.4, 0.5) is 0 Å². The normalized spacial score (nSPS) is 17.2. The third-order valence-electron chi connectivity index (χ3n) is 8.50. The number of carbonyl (C=O) groups excluding carboxylic acids is 1. The summed E-state index contributed by atoms with van der Waals surface area (Å²) in [5.74, 6) is 1.63. The highest BCUT2D eigenvalue weighted by Gasteiger charge is 2.22. The molecule has 2 nitrogen and oxygen atoms in total. The van der Waals surface area contributed by atoms with Crippen molar-refractivity contribution in [3.8, 4) is 22.3 Å². The van der Waals surface area contributed by atoms with E-state index < -0.39 is 0 Å². The third-order valence-corrected chi connectivity index (χ3v) is 8.50. The first-order chi connectivity index (χ1) is 18.5. The van der Waals surface area contributed by atoms with Crippen LogP contribution in [0.25, 0.3) is 22.3 Å². The lowest BCUT2D eigenvalue weighted by molar-refractivity contribution is -0.125. The van der Waals surface area contributed by atoms with E-state index in [-0.39, 0.29) is 5.91 Å². The van der Waals surface area contributed by atoms with Gasteiger partial charge in [0.15, 0.2) is 0 Å². The van der Waals surface area contributed by atoms with E-state index in [0.29, 0.717) is 6.54 Å². The fraction of sp³-hybridized carbons (Fsp3) is 0.417. The fourth-order valence-corrected chi connectivity index (χ4v) is 6.06. The Morgan fingerprint density at radius 1 is 0.868 bits per heavy atom. The summed E-state index contributed by atoms with van der Waals surface area (Å²) < 4.78 is 0. The van der Waals surface area contributed by atoms with Gasteiger partial charge in [-0.05, 0) is 89.0 Å². The lowest BCUT2D eigenvalue weighted by Crippen LogP contribution is -2.23. The van der Waals surface area contributed by atoms with Crippen molar-refractivity contribution in [3.05, 3.63) is 96.1 Å². The van der Waals surface area contributed by atoms with Crippen molar-refractivity contribution >= 4 is 5.91 Å². The minimum absolute atomic E-state index is 0.0597. The summed E-state index contributed by atoms with van der Waals surface area (Å²) in [7, 11) is 1.80. The van der Waals surface area contributed by atoms with E-state index in [4.69, 9.17) is 0 Å². The van der Waals surface area contributed by atoms with Crippen LogP contribution in [0.5, 0.6) is 0 Å². The van der Waals surface area contributed by atoms with Crippen LogP contribution in [0.15, 0.2) is 79.4 Å². The molecule has 0 N–H and O–H groups in total. The second-order valence-corrected chi connectivity index (χ2v) is 11.2. The molecule has 1 aliphatic carbocycles. The molecule has 0 unspecified atom stereocenters. The first kappa shape index (κ1) is 27.9. The van der Waals surface area contributed by atoms with Crippen molar-refractivity contribution < 1.29 is 4.79 Å². The summed E-state index contributed by atoms with van der Waals surface area (Å²) in [6.45, 7) is 8.70. The van der Waals surface area contributed by atoms with Crippen LogP contribution in [0.3, 0.4) is 0 Å². The van der Waals surface area contributed by atoms with E-state index in [9.17, 15) is 4.79 Å². The van der Waals surface area contributed by atoms with Crippen molar-refractivity contribution in [1.82, 2.24) is 4.90 Å². The number of aryl methyl sites for hydroxylation is 1. The van der Waals surface area contributed by atoms with Crippen molar-refractivity contribution in [2.24, 2.45) is 5.92 Å². The molecule has 0 bridgehead atoms. The molecule has 0 radical (unpaired) electrons. The van der Waals surface area contributed by atoms with Crippen LogP contribution in [-0.4, -0.2) is 17.9 Å². The molecule has 0 heterocycles. The van der Waals surface area contributed by atoms with Gasteiger partial charge in [-0.1, -0.05) is 113 Å². The predicted octanol–water partition coefficient (Wildman–Crippen LogP) is 9.58. The van der Waals surface area contributed by atoms with Gasteiger partial charge in [0.25, 0.3) is 0 Å². The summed E-state index contributed by atoms with van der Waals surface area (Å²) in [5, 5.41) is 0. The Kier molecular flexibility index (Phi) is 9.98. The SMILES string of the molecule is C=CC(=O)N(C)Cc1ccc(-c2ccc(-c3ccc(C4CCC(CCCCC)CC4)cc3)c(CC)c2)cc1. The summed E-state index contributed by atoms with van der Waals surface area (Å²) in [5.41, 5.74) is 9.11. The number of amides is 1. The number of benzene rings is 3. The molecule has 1 amide bonds. The summed E-state index contributed by atoms with van der Waals surface area (Å²) >= 11 is 0. The molecule has 200 valence electrons. The van der Waals surface area contributed by atoms with Gasteiger partial charge >= 0.3 is 0 Å².